The normalized spacial score (nSPS) is 14.1. The maximum atomic E-state index is 12.8. The van der Waals surface area contributed by atoms with Crippen molar-refractivity contribution < 1.29 is 42.1 Å². The van der Waals surface area contributed by atoms with Gasteiger partial charge >= 0.3 is 19.8 Å². The first-order valence-corrected chi connectivity index (χ1v) is 29.0. The molecular formula is C59H103NO8P+. The van der Waals surface area contributed by atoms with E-state index >= 15 is 0 Å². The van der Waals surface area contributed by atoms with Crippen LogP contribution in [0.5, 0.6) is 0 Å². The van der Waals surface area contributed by atoms with Gasteiger partial charge in [0.1, 0.15) is 19.8 Å². The lowest BCUT2D eigenvalue weighted by Gasteiger charge is -2.24. The maximum absolute atomic E-state index is 12.8. The van der Waals surface area contributed by atoms with Crippen LogP contribution in [0.2, 0.25) is 0 Å². The molecule has 0 aliphatic carbocycles. The number of hydrogen-bond donors (Lipinski definition) is 1. The summed E-state index contributed by atoms with van der Waals surface area (Å²) in [6, 6.07) is 0. The summed E-state index contributed by atoms with van der Waals surface area (Å²) in [6.45, 7) is 4.27. The minimum Gasteiger partial charge on any atom is -0.462 e. The van der Waals surface area contributed by atoms with Gasteiger partial charge in [-0.1, -0.05) is 201 Å². The number of likely N-dealkylation sites (N-methyl/N-ethyl adjacent to an activating group) is 1. The first-order chi connectivity index (χ1) is 33.5. The van der Waals surface area contributed by atoms with Crippen molar-refractivity contribution in [1.82, 2.24) is 0 Å². The highest BCUT2D eigenvalue weighted by molar-refractivity contribution is 7.47. The Bertz CT molecular complexity index is 1490. The summed E-state index contributed by atoms with van der Waals surface area (Å²) in [4.78, 5) is 35.6. The molecule has 1 N–H and O–H groups in total. The van der Waals surface area contributed by atoms with E-state index in [1.807, 2.05) is 21.1 Å². The van der Waals surface area contributed by atoms with Gasteiger partial charge in [-0.25, -0.2) is 4.57 Å². The summed E-state index contributed by atoms with van der Waals surface area (Å²) in [5.74, 6) is -0.823. The Morgan fingerprint density at radius 1 is 0.464 bits per heavy atom. The van der Waals surface area contributed by atoms with Gasteiger partial charge in [-0.2, -0.15) is 0 Å². The van der Waals surface area contributed by atoms with E-state index in [4.69, 9.17) is 18.5 Å². The fourth-order valence-electron chi connectivity index (χ4n) is 7.11. The zero-order chi connectivity index (χ0) is 50.6. The highest BCUT2D eigenvalue weighted by Gasteiger charge is 2.27. The van der Waals surface area contributed by atoms with Gasteiger partial charge in [0.2, 0.25) is 0 Å². The molecule has 396 valence electrons. The Morgan fingerprint density at radius 2 is 0.826 bits per heavy atom. The molecule has 0 fully saturated rings. The third-order valence-electron chi connectivity index (χ3n) is 11.3. The van der Waals surface area contributed by atoms with Crippen molar-refractivity contribution in [2.24, 2.45) is 0 Å². The number of rotatable bonds is 49. The minimum atomic E-state index is -4.39. The monoisotopic (exact) mass is 985 g/mol. The second-order valence-electron chi connectivity index (χ2n) is 19.2. The lowest BCUT2D eigenvalue weighted by molar-refractivity contribution is -0.870. The number of nitrogens with zero attached hydrogens (tertiary/aromatic N) is 1. The molecule has 0 spiro atoms. The van der Waals surface area contributed by atoms with Crippen molar-refractivity contribution in [3.8, 4) is 0 Å². The number of phosphoric acid groups is 1. The Labute approximate surface area is 423 Å². The summed E-state index contributed by atoms with van der Waals surface area (Å²) >= 11 is 0. The topological polar surface area (TPSA) is 108 Å². The lowest BCUT2D eigenvalue weighted by Crippen LogP contribution is -2.37. The molecule has 10 heteroatoms. The van der Waals surface area contributed by atoms with Crippen LogP contribution in [0.15, 0.2) is 97.2 Å². The van der Waals surface area contributed by atoms with E-state index in [1.54, 1.807) is 0 Å². The molecule has 2 atom stereocenters. The molecule has 0 heterocycles. The molecule has 0 radical (unpaired) electrons. The standard InChI is InChI=1S/C59H102NO8P/c1-6-8-10-12-14-16-18-20-22-24-25-26-27-28-29-30-31-32-33-34-35-36-38-40-42-44-46-48-50-52-59(62)68-57(56-67-69(63,64)66-54-53-60(3,4)5)55-65-58(61)51-49-47-45-43-41-39-37-23-21-19-17-15-13-11-9-7-2/h8,10,14,16-17,19-20,22-23,25-26,28-29,31-32,37,57H,6-7,9,11-13,15,18,21,24,27,30,33-36,38-56H2,1-5H3/p+1/b10-8-,16-14-,19-17-,22-20-,26-25-,29-28-,32-31-,37-23-. The Balaban J connectivity index is 4.22. The van der Waals surface area contributed by atoms with Crippen LogP contribution in [0.4, 0.5) is 0 Å². The quantitative estimate of drug-likeness (QED) is 0.0211. The molecule has 0 aromatic rings. The largest absolute Gasteiger partial charge is 0.472 e. The van der Waals surface area contributed by atoms with Crippen LogP contribution < -0.4 is 0 Å². The van der Waals surface area contributed by atoms with Crippen molar-refractivity contribution in [2.75, 3.05) is 47.5 Å². The zero-order valence-corrected chi connectivity index (χ0v) is 45.7. The highest BCUT2D eigenvalue weighted by Crippen LogP contribution is 2.43. The van der Waals surface area contributed by atoms with Crippen LogP contribution >= 0.6 is 7.82 Å². The minimum absolute atomic E-state index is 0.0239. The fraction of sp³-hybridized carbons (Fsp3) is 0.695. The Hall–Kier alpha value is -3.07. The molecule has 2 unspecified atom stereocenters. The number of allylic oxidation sites excluding steroid dienone is 16. The van der Waals surface area contributed by atoms with E-state index in [2.05, 4.69) is 111 Å². The SMILES string of the molecule is CC/C=C\C/C=C\C/C=C\C/C=C\C/C=C\C/C=C\CCCCCCCCCCCCC(=O)OC(COC(=O)CCCCCCC/C=C\C/C=C\CCCCCC)COP(=O)(O)OCC[N+](C)(C)C. The summed E-state index contributed by atoms with van der Waals surface area (Å²) in [5.41, 5.74) is 0. The summed E-state index contributed by atoms with van der Waals surface area (Å²) in [6.07, 6.45) is 67.5. The van der Waals surface area contributed by atoms with Gasteiger partial charge in [0.05, 0.1) is 27.7 Å². The molecular weight excluding hydrogens is 882 g/mol. The van der Waals surface area contributed by atoms with E-state index in [-0.39, 0.29) is 32.0 Å². The number of unbranched alkanes of at least 4 members (excludes halogenated alkanes) is 19. The number of esters is 2. The van der Waals surface area contributed by atoms with Gasteiger partial charge < -0.3 is 18.9 Å². The average Bonchev–Trinajstić information content (AvgIpc) is 3.31. The van der Waals surface area contributed by atoms with E-state index in [0.717, 1.165) is 109 Å². The van der Waals surface area contributed by atoms with Crippen molar-refractivity contribution in [1.29, 1.82) is 0 Å². The van der Waals surface area contributed by atoms with Gasteiger partial charge in [0, 0.05) is 12.8 Å². The molecule has 0 saturated heterocycles. The van der Waals surface area contributed by atoms with Gasteiger partial charge in [-0.15, -0.1) is 0 Å². The maximum Gasteiger partial charge on any atom is 0.472 e. The van der Waals surface area contributed by atoms with Crippen LogP contribution in [0.25, 0.3) is 0 Å². The first-order valence-electron chi connectivity index (χ1n) is 27.5. The van der Waals surface area contributed by atoms with E-state index in [0.29, 0.717) is 17.4 Å². The fourth-order valence-corrected chi connectivity index (χ4v) is 7.85. The van der Waals surface area contributed by atoms with Crippen molar-refractivity contribution >= 4 is 19.8 Å². The molecule has 0 saturated carbocycles. The average molecular weight is 985 g/mol. The van der Waals surface area contributed by atoms with Crippen LogP contribution in [0.1, 0.15) is 213 Å². The summed E-state index contributed by atoms with van der Waals surface area (Å²) in [7, 11) is 1.45. The first kappa shape index (κ1) is 65.9. The number of ether oxygens (including phenoxy) is 2. The van der Waals surface area contributed by atoms with Gasteiger partial charge in [0.25, 0.3) is 0 Å². The molecule has 9 nitrogen and oxygen atoms in total. The van der Waals surface area contributed by atoms with E-state index in [1.165, 1.54) is 70.6 Å². The van der Waals surface area contributed by atoms with E-state index < -0.39 is 26.5 Å². The Morgan fingerprint density at radius 3 is 1.23 bits per heavy atom. The smallest absolute Gasteiger partial charge is 0.462 e. The van der Waals surface area contributed by atoms with Crippen LogP contribution in [-0.4, -0.2) is 74.9 Å². The molecule has 0 amide bonds. The van der Waals surface area contributed by atoms with E-state index in [9.17, 15) is 19.0 Å². The molecule has 0 bridgehead atoms. The number of phosphoric ester groups is 1. The second kappa shape index (κ2) is 49.9. The number of hydrogen-bond acceptors (Lipinski definition) is 7. The van der Waals surface area contributed by atoms with Gasteiger partial charge in [-0.3, -0.25) is 18.6 Å². The number of quaternary nitrogens is 1. The highest BCUT2D eigenvalue weighted by atomic mass is 31.2. The lowest BCUT2D eigenvalue weighted by atomic mass is 10.0. The molecule has 0 aliphatic rings. The summed E-state index contributed by atoms with van der Waals surface area (Å²) in [5, 5.41) is 0. The summed E-state index contributed by atoms with van der Waals surface area (Å²) < 4.78 is 34.5. The second-order valence-corrected chi connectivity index (χ2v) is 20.7. The number of carbonyl (C=O) groups excluding carboxylic acids is 2. The molecule has 0 aliphatic heterocycles. The third-order valence-corrected chi connectivity index (χ3v) is 12.3. The third kappa shape index (κ3) is 54.1. The predicted octanol–water partition coefficient (Wildman–Crippen LogP) is 16.9. The van der Waals surface area contributed by atoms with Crippen molar-refractivity contribution in [3.05, 3.63) is 97.2 Å². The van der Waals surface area contributed by atoms with Crippen molar-refractivity contribution in [2.45, 2.75) is 219 Å². The molecule has 0 aromatic heterocycles. The molecule has 0 rings (SSSR count). The van der Waals surface area contributed by atoms with Crippen LogP contribution in [-0.2, 0) is 32.7 Å². The van der Waals surface area contributed by atoms with Crippen LogP contribution in [0.3, 0.4) is 0 Å². The molecule has 69 heavy (non-hydrogen) atoms. The zero-order valence-electron chi connectivity index (χ0n) is 44.8. The number of carbonyl (C=O) groups is 2. The van der Waals surface area contributed by atoms with Crippen molar-refractivity contribution in [3.63, 3.8) is 0 Å². The molecule has 0 aromatic carbocycles. The Kier molecular flexibility index (Phi) is 47.7. The predicted molar refractivity (Wildman–Crippen MR) is 293 cm³/mol. The van der Waals surface area contributed by atoms with Gasteiger partial charge in [0.15, 0.2) is 6.10 Å². The van der Waals surface area contributed by atoms with Gasteiger partial charge in [-0.05, 0) is 96.3 Å². The van der Waals surface area contributed by atoms with Crippen LogP contribution in [0, 0.1) is 0 Å².